The van der Waals surface area contributed by atoms with Gasteiger partial charge in [-0.25, -0.2) is 0 Å². The average Bonchev–Trinajstić information content (AvgIpc) is 3.06. The third kappa shape index (κ3) is 3.49. The Morgan fingerprint density at radius 2 is 2.38 bits per heavy atom. The van der Waals surface area contributed by atoms with Gasteiger partial charge in [0.2, 0.25) is 5.91 Å². The minimum Gasteiger partial charge on any atom is -0.492 e. The van der Waals surface area contributed by atoms with E-state index in [1.807, 2.05) is 30.3 Å². The van der Waals surface area contributed by atoms with Gasteiger partial charge in [0, 0.05) is 18.2 Å². The Labute approximate surface area is 123 Å². The molecule has 3 rings (SSSR count). The number of pyridine rings is 1. The van der Waals surface area contributed by atoms with Crippen LogP contribution in [-0.4, -0.2) is 36.8 Å². The molecule has 0 bridgehead atoms. The minimum absolute atomic E-state index is 0.0428. The molecule has 110 valence electrons. The Kier molecular flexibility index (Phi) is 4.31. The quantitative estimate of drug-likeness (QED) is 0.853. The van der Waals surface area contributed by atoms with Crippen molar-refractivity contribution in [2.24, 2.45) is 0 Å². The van der Waals surface area contributed by atoms with Crippen molar-refractivity contribution >= 4 is 16.8 Å². The van der Waals surface area contributed by atoms with Gasteiger partial charge >= 0.3 is 0 Å². The molecule has 1 atom stereocenters. The van der Waals surface area contributed by atoms with Crippen molar-refractivity contribution in [3.05, 3.63) is 36.5 Å². The lowest BCUT2D eigenvalue weighted by Crippen LogP contribution is -2.36. The molecule has 1 amide bonds. The first kappa shape index (κ1) is 13.8. The van der Waals surface area contributed by atoms with Gasteiger partial charge in [-0.1, -0.05) is 6.07 Å². The number of amides is 1. The van der Waals surface area contributed by atoms with Gasteiger partial charge in [0.25, 0.3) is 0 Å². The minimum atomic E-state index is -0.281. The fourth-order valence-corrected chi connectivity index (χ4v) is 2.38. The first-order valence-electron chi connectivity index (χ1n) is 7.20. The second-order valence-electron chi connectivity index (χ2n) is 5.00. The normalized spacial score (nSPS) is 17.8. The van der Waals surface area contributed by atoms with Crippen LogP contribution in [0.15, 0.2) is 36.5 Å². The lowest BCUT2D eigenvalue weighted by atomic mass is 10.2. The van der Waals surface area contributed by atoms with Gasteiger partial charge in [-0.15, -0.1) is 0 Å². The zero-order valence-electron chi connectivity index (χ0n) is 11.7. The van der Waals surface area contributed by atoms with Gasteiger partial charge in [0.05, 0.1) is 12.1 Å². The Hall–Kier alpha value is -2.14. The molecule has 2 heterocycles. The van der Waals surface area contributed by atoms with E-state index >= 15 is 0 Å². The molecule has 2 aromatic rings. The van der Waals surface area contributed by atoms with Crippen molar-refractivity contribution < 1.29 is 14.3 Å². The summed E-state index contributed by atoms with van der Waals surface area (Å²) in [5, 5.41) is 3.87. The predicted molar refractivity (Wildman–Crippen MR) is 79.2 cm³/mol. The molecule has 1 aliphatic rings. The Bertz CT molecular complexity index is 624. The van der Waals surface area contributed by atoms with E-state index in [0.717, 1.165) is 29.5 Å². The molecule has 1 aliphatic heterocycles. The number of aromatic nitrogens is 1. The molecule has 0 spiro atoms. The zero-order valence-corrected chi connectivity index (χ0v) is 11.7. The van der Waals surface area contributed by atoms with E-state index in [1.165, 1.54) is 0 Å². The highest BCUT2D eigenvalue weighted by Crippen LogP contribution is 2.18. The number of nitrogens with one attached hydrogen (secondary N) is 1. The molecule has 1 unspecified atom stereocenters. The van der Waals surface area contributed by atoms with Crippen LogP contribution in [0, 0.1) is 0 Å². The largest absolute Gasteiger partial charge is 0.492 e. The van der Waals surface area contributed by atoms with Crippen molar-refractivity contribution in [2.45, 2.75) is 18.9 Å². The van der Waals surface area contributed by atoms with Gasteiger partial charge < -0.3 is 14.8 Å². The molecule has 1 aromatic carbocycles. The van der Waals surface area contributed by atoms with E-state index in [1.54, 1.807) is 6.20 Å². The number of hydrogen-bond donors (Lipinski definition) is 1. The summed E-state index contributed by atoms with van der Waals surface area (Å²) >= 11 is 0. The second kappa shape index (κ2) is 6.54. The molecule has 5 nitrogen and oxygen atoms in total. The van der Waals surface area contributed by atoms with Gasteiger partial charge in [0.15, 0.2) is 0 Å². The van der Waals surface area contributed by atoms with E-state index in [2.05, 4.69) is 10.3 Å². The number of ether oxygens (including phenoxy) is 2. The molecular formula is C16H18N2O3. The molecule has 21 heavy (non-hydrogen) atoms. The molecule has 0 saturated carbocycles. The highest BCUT2D eigenvalue weighted by molar-refractivity contribution is 5.81. The van der Waals surface area contributed by atoms with Gasteiger partial charge in [-0.05, 0) is 37.1 Å². The summed E-state index contributed by atoms with van der Waals surface area (Å²) in [5.41, 5.74) is 0.941. The van der Waals surface area contributed by atoms with E-state index < -0.39 is 0 Å². The summed E-state index contributed by atoms with van der Waals surface area (Å²) < 4.78 is 11.0. The monoisotopic (exact) mass is 286 g/mol. The number of hydrogen-bond acceptors (Lipinski definition) is 4. The maximum atomic E-state index is 11.7. The Morgan fingerprint density at radius 3 is 3.24 bits per heavy atom. The van der Waals surface area contributed by atoms with Gasteiger partial charge in [-0.3, -0.25) is 9.78 Å². The molecule has 1 aromatic heterocycles. The number of rotatable bonds is 5. The van der Waals surface area contributed by atoms with Crippen LogP contribution >= 0.6 is 0 Å². The van der Waals surface area contributed by atoms with Crippen LogP contribution in [0.25, 0.3) is 10.9 Å². The third-order valence-corrected chi connectivity index (χ3v) is 3.47. The van der Waals surface area contributed by atoms with Crippen molar-refractivity contribution in [3.8, 4) is 5.75 Å². The van der Waals surface area contributed by atoms with Crippen LogP contribution in [0.5, 0.6) is 5.75 Å². The SMILES string of the molecule is O=C(NCCOc1ccc2ncccc2c1)C1CCCO1. The van der Waals surface area contributed by atoms with Crippen molar-refractivity contribution in [1.29, 1.82) is 0 Å². The van der Waals surface area contributed by atoms with Crippen molar-refractivity contribution in [2.75, 3.05) is 19.8 Å². The lowest BCUT2D eigenvalue weighted by molar-refractivity contribution is -0.130. The fraction of sp³-hybridized carbons (Fsp3) is 0.375. The zero-order chi connectivity index (χ0) is 14.5. The summed E-state index contributed by atoms with van der Waals surface area (Å²) in [7, 11) is 0. The van der Waals surface area contributed by atoms with Crippen LogP contribution in [0.2, 0.25) is 0 Å². The van der Waals surface area contributed by atoms with Crippen LogP contribution < -0.4 is 10.1 Å². The van der Waals surface area contributed by atoms with E-state index in [-0.39, 0.29) is 12.0 Å². The molecule has 0 radical (unpaired) electrons. The van der Waals surface area contributed by atoms with E-state index in [0.29, 0.717) is 19.8 Å². The van der Waals surface area contributed by atoms with Crippen LogP contribution in [0.4, 0.5) is 0 Å². The van der Waals surface area contributed by atoms with E-state index in [4.69, 9.17) is 9.47 Å². The number of carbonyl (C=O) groups excluding carboxylic acids is 1. The van der Waals surface area contributed by atoms with Crippen molar-refractivity contribution in [3.63, 3.8) is 0 Å². The summed E-state index contributed by atoms with van der Waals surface area (Å²) in [6, 6.07) is 9.65. The van der Waals surface area contributed by atoms with Gasteiger partial charge in [-0.2, -0.15) is 0 Å². The summed E-state index contributed by atoms with van der Waals surface area (Å²) in [6.45, 7) is 1.59. The van der Waals surface area contributed by atoms with Gasteiger partial charge in [0.1, 0.15) is 18.5 Å². The summed E-state index contributed by atoms with van der Waals surface area (Å²) in [4.78, 5) is 16.0. The Balaban J connectivity index is 1.46. The van der Waals surface area contributed by atoms with Crippen molar-refractivity contribution in [1.82, 2.24) is 10.3 Å². The number of fused-ring (bicyclic) bond motifs is 1. The fourth-order valence-electron chi connectivity index (χ4n) is 2.38. The molecular weight excluding hydrogens is 268 g/mol. The molecule has 1 N–H and O–H groups in total. The smallest absolute Gasteiger partial charge is 0.249 e. The lowest BCUT2D eigenvalue weighted by Gasteiger charge is -2.11. The second-order valence-corrected chi connectivity index (χ2v) is 5.00. The molecule has 0 aliphatic carbocycles. The molecule has 1 fully saturated rings. The highest BCUT2D eigenvalue weighted by atomic mass is 16.5. The third-order valence-electron chi connectivity index (χ3n) is 3.47. The predicted octanol–water partition coefficient (Wildman–Crippen LogP) is 1.91. The average molecular weight is 286 g/mol. The molecule has 1 saturated heterocycles. The summed E-state index contributed by atoms with van der Waals surface area (Å²) in [6.07, 6.45) is 3.25. The number of carbonyl (C=O) groups is 1. The maximum Gasteiger partial charge on any atom is 0.249 e. The van der Waals surface area contributed by atoms with Crippen LogP contribution in [0.1, 0.15) is 12.8 Å². The topological polar surface area (TPSA) is 60.5 Å². The highest BCUT2D eigenvalue weighted by Gasteiger charge is 2.22. The maximum absolute atomic E-state index is 11.7. The van der Waals surface area contributed by atoms with Crippen LogP contribution in [-0.2, 0) is 9.53 Å². The first-order valence-corrected chi connectivity index (χ1v) is 7.20. The molecule has 5 heteroatoms. The summed E-state index contributed by atoms with van der Waals surface area (Å²) in [5.74, 6) is 0.737. The van der Waals surface area contributed by atoms with E-state index in [9.17, 15) is 4.79 Å². The Morgan fingerprint density at radius 1 is 1.43 bits per heavy atom. The number of benzene rings is 1. The first-order chi connectivity index (χ1) is 10.3. The standard InChI is InChI=1S/C16H18N2O3/c19-16(15-4-2-9-21-15)18-8-10-20-13-5-6-14-12(11-13)3-1-7-17-14/h1,3,5-7,11,15H,2,4,8-10H2,(H,18,19). The number of nitrogens with zero attached hydrogens (tertiary/aromatic N) is 1. The van der Waals surface area contributed by atoms with Crippen LogP contribution in [0.3, 0.4) is 0 Å².